The summed E-state index contributed by atoms with van der Waals surface area (Å²) in [6.45, 7) is 3.09. The molecule has 0 aliphatic carbocycles. The maximum absolute atomic E-state index is 12.3. The van der Waals surface area contributed by atoms with E-state index >= 15 is 0 Å². The van der Waals surface area contributed by atoms with Crippen LogP contribution in [0, 0.1) is 0 Å². The van der Waals surface area contributed by atoms with Crippen LogP contribution in [0.4, 0.5) is 11.4 Å². The summed E-state index contributed by atoms with van der Waals surface area (Å²) in [5.41, 5.74) is 1.69. The van der Waals surface area contributed by atoms with E-state index in [2.05, 4.69) is 10.2 Å². The first kappa shape index (κ1) is 16.6. The van der Waals surface area contributed by atoms with Gasteiger partial charge in [-0.05, 0) is 36.6 Å². The van der Waals surface area contributed by atoms with Crippen LogP contribution in [0.3, 0.4) is 0 Å². The standard InChI is InChI=1S/C16H17ClN2O2S2/c1-22-15-5-4-14(23-15)16(20)18-11-2-3-13(12(17)10-11)19-6-8-21-9-7-19/h2-5,10H,6-9H2,1H3,(H,18,20). The number of amides is 1. The molecule has 1 amide bonds. The molecule has 122 valence electrons. The molecule has 1 aromatic heterocycles. The zero-order chi connectivity index (χ0) is 16.2. The maximum Gasteiger partial charge on any atom is 0.265 e. The molecule has 1 aromatic carbocycles. The first-order valence-corrected chi connectivity index (χ1v) is 9.67. The average Bonchev–Trinajstić information content (AvgIpc) is 3.05. The molecule has 3 rings (SSSR count). The molecule has 0 unspecified atom stereocenters. The van der Waals surface area contributed by atoms with Gasteiger partial charge in [0.15, 0.2) is 0 Å². The van der Waals surface area contributed by atoms with Crippen LogP contribution in [-0.4, -0.2) is 38.5 Å². The molecule has 23 heavy (non-hydrogen) atoms. The molecule has 1 saturated heterocycles. The fraction of sp³-hybridized carbons (Fsp3) is 0.312. The molecule has 0 spiro atoms. The maximum atomic E-state index is 12.3. The molecule has 0 bridgehead atoms. The van der Waals surface area contributed by atoms with Gasteiger partial charge in [-0.2, -0.15) is 0 Å². The van der Waals surface area contributed by atoms with E-state index in [-0.39, 0.29) is 5.91 Å². The highest BCUT2D eigenvalue weighted by molar-refractivity contribution is 8.00. The number of hydrogen-bond acceptors (Lipinski definition) is 5. The number of nitrogens with one attached hydrogen (secondary N) is 1. The predicted octanol–water partition coefficient (Wildman–Crippen LogP) is 4.21. The number of morpholine rings is 1. The number of carbonyl (C=O) groups is 1. The Morgan fingerprint density at radius 2 is 2.09 bits per heavy atom. The molecule has 2 heterocycles. The number of thiophene rings is 1. The number of carbonyl (C=O) groups excluding carboxylic acids is 1. The second-order valence-corrected chi connectivity index (χ2v) is 7.64. The van der Waals surface area contributed by atoms with E-state index in [9.17, 15) is 4.79 Å². The summed E-state index contributed by atoms with van der Waals surface area (Å²) in [4.78, 5) is 15.2. The van der Waals surface area contributed by atoms with E-state index in [4.69, 9.17) is 16.3 Å². The van der Waals surface area contributed by atoms with Crippen LogP contribution in [0.2, 0.25) is 5.02 Å². The van der Waals surface area contributed by atoms with Crippen LogP contribution in [0.25, 0.3) is 0 Å². The average molecular weight is 369 g/mol. The lowest BCUT2D eigenvalue weighted by Gasteiger charge is -2.29. The van der Waals surface area contributed by atoms with Crippen molar-refractivity contribution in [1.29, 1.82) is 0 Å². The van der Waals surface area contributed by atoms with Crippen LogP contribution < -0.4 is 10.2 Å². The topological polar surface area (TPSA) is 41.6 Å². The Kier molecular flexibility index (Phi) is 5.48. The number of benzene rings is 1. The number of ether oxygens (including phenoxy) is 1. The summed E-state index contributed by atoms with van der Waals surface area (Å²) in [5.74, 6) is -0.106. The Labute approximate surface area is 148 Å². The molecular weight excluding hydrogens is 352 g/mol. The molecule has 4 nitrogen and oxygen atoms in total. The Bertz CT molecular complexity index is 699. The number of anilines is 2. The van der Waals surface area contributed by atoms with Gasteiger partial charge in [-0.3, -0.25) is 4.79 Å². The minimum atomic E-state index is -0.106. The van der Waals surface area contributed by atoms with Crippen molar-refractivity contribution >= 4 is 52.0 Å². The third kappa shape index (κ3) is 4.01. The highest BCUT2D eigenvalue weighted by Crippen LogP contribution is 2.30. The van der Waals surface area contributed by atoms with E-state index in [1.807, 2.05) is 30.5 Å². The van der Waals surface area contributed by atoms with Crippen molar-refractivity contribution in [3.63, 3.8) is 0 Å². The summed E-state index contributed by atoms with van der Waals surface area (Å²) in [5, 5.41) is 3.54. The summed E-state index contributed by atoms with van der Waals surface area (Å²) >= 11 is 9.51. The minimum Gasteiger partial charge on any atom is -0.378 e. The quantitative estimate of drug-likeness (QED) is 0.821. The van der Waals surface area contributed by atoms with Crippen molar-refractivity contribution < 1.29 is 9.53 Å². The molecule has 0 radical (unpaired) electrons. The Balaban J connectivity index is 1.71. The second kappa shape index (κ2) is 7.57. The predicted molar refractivity (Wildman–Crippen MR) is 98.5 cm³/mol. The van der Waals surface area contributed by atoms with E-state index in [0.717, 1.165) is 23.0 Å². The SMILES string of the molecule is CSc1ccc(C(=O)Nc2ccc(N3CCOCC3)c(Cl)c2)s1. The lowest BCUT2D eigenvalue weighted by atomic mass is 10.2. The van der Waals surface area contributed by atoms with Gasteiger partial charge in [0.1, 0.15) is 0 Å². The van der Waals surface area contributed by atoms with Gasteiger partial charge in [-0.25, -0.2) is 0 Å². The Morgan fingerprint density at radius 3 is 2.74 bits per heavy atom. The highest BCUT2D eigenvalue weighted by atomic mass is 35.5. The number of rotatable bonds is 4. The van der Waals surface area contributed by atoms with E-state index < -0.39 is 0 Å². The van der Waals surface area contributed by atoms with Crippen LogP contribution in [0.15, 0.2) is 34.5 Å². The zero-order valence-electron chi connectivity index (χ0n) is 12.7. The lowest BCUT2D eigenvalue weighted by molar-refractivity contribution is 0.103. The van der Waals surface area contributed by atoms with E-state index in [0.29, 0.717) is 28.8 Å². The zero-order valence-corrected chi connectivity index (χ0v) is 15.1. The van der Waals surface area contributed by atoms with Gasteiger partial charge in [0.2, 0.25) is 0 Å². The highest BCUT2D eigenvalue weighted by Gasteiger charge is 2.15. The molecule has 7 heteroatoms. The minimum absolute atomic E-state index is 0.106. The fourth-order valence-electron chi connectivity index (χ4n) is 2.39. The van der Waals surface area contributed by atoms with Crippen LogP contribution >= 0.6 is 34.7 Å². The molecule has 0 saturated carbocycles. The molecule has 2 aromatic rings. The van der Waals surface area contributed by atoms with E-state index in [1.54, 1.807) is 17.8 Å². The monoisotopic (exact) mass is 368 g/mol. The normalized spacial score (nSPS) is 14.8. The number of halogens is 1. The molecule has 0 atom stereocenters. The summed E-state index contributed by atoms with van der Waals surface area (Å²) in [7, 11) is 0. The molecule has 1 aliphatic heterocycles. The Morgan fingerprint density at radius 1 is 1.30 bits per heavy atom. The number of nitrogens with zero attached hydrogens (tertiary/aromatic N) is 1. The van der Waals surface area contributed by atoms with Gasteiger partial charge in [0, 0.05) is 18.8 Å². The lowest BCUT2D eigenvalue weighted by Crippen LogP contribution is -2.36. The van der Waals surface area contributed by atoms with Gasteiger partial charge in [-0.1, -0.05) is 11.6 Å². The van der Waals surface area contributed by atoms with Gasteiger partial charge >= 0.3 is 0 Å². The summed E-state index contributed by atoms with van der Waals surface area (Å²) < 4.78 is 6.48. The third-order valence-corrected chi connectivity index (χ3v) is 6.03. The second-order valence-electron chi connectivity index (χ2n) is 5.04. The van der Waals surface area contributed by atoms with Gasteiger partial charge in [-0.15, -0.1) is 23.1 Å². The van der Waals surface area contributed by atoms with Crippen LogP contribution in [0.1, 0.15) is 9.67 Å². The van der Waals surface area contributed by atoms with Crippen molar-refractivity contribution in [2.24, 2.45) is 0 Å². The first-order chi connectivity index (χ1) is 11.2. The number of thioether (sulfide) groups is 1. The smallest absolute Gasteiger partial charge is 0.265 e. The number of hydrogen-bond donors (Lipinski definition) is 1. The van der Waals surface area contributed by atoms with E-state index in [1.165, 1.54) is 11.3 Å². The molecular formula is C16H17ClN2O2S2. The Hall–Kier alpha value is -1.21. The van der Waals surface area contributed by atoms with Crippen molar-refractivity contribution in [3.8, 4) is 0 Å². The summed E-state index contributed by atoms with van der Waals surface area (Å²) in [6.07, 6.45) is 2.00. The van der Waals surface area contributed by atoms with Gasteiger partial charge in [0.25, 0.3) is 5.91 Å². The van der Waals surface area contributed by atoms with Gasteiger partial charge in [0.05, 0.1) is 33.0 Å². The van der Waals surface area contributed by atoms with Crippen molar-refractivity contribution in [2.45, 2.75) is 4.21 Å². The summed E-state index contributed by atoms with van der Waals surface area (Å²) in [6, 6.07) is 9.43. The molecule has 1 N–H and O–H groups in total. The van der Waals surface area contributed by atoms with Gasteiger partial charge < -0.3 is 15.0 Å². The van der Waals surface area contributed by atoms with Crippen LogP contribution in [0.5, 0.6) is 0 Å². The molecule has 1 aliphatic rings. The van der Waals surface area contributed by atoms with Crippen molar-refractivity contribution in [3.05, 3.63) is 40.2 Å². The fourth-order valence-corrected chi connectivity index (χ4v) is 4.13. The third-order valence-electron chi connectivity index (χ3n) is 3.56. The van der Waals surface area contributed by atoms with Crippen molar-refractivity contribution in [1.82, 2.24) is 0 Å². The van der Waals surface area contributed by atoms with Crippen molar-refractivity contribution in [2.75, 3.05) is 42.8 Å². The molecule has 1 fully saturated rings. The van der Waals surface area contributed by atoms with Crippen LogP contribution in [-0.2, 0) is 4.74 Å². The largest absolute Gasteiger partial charge is 0.378 e. The first-order valence-electron chi connectivity index (χ1n) is 7.25.